The summed E-state index contributed by atoms with van der Waals surface area (Å²) in [6, 6.07) is 6.09. The molecule has 4 nitrogen and oxygen atoms in total. The van der Waals surface area contributed by atoms with E-state index < -0.39 is 0 Å². The smallest absolute Gasteiger partial charge is 0.0635 e. The third-order valence-corrected chi connectivity index (χ3v) is 2.11. The lowest BCUT2D eigenvalue weighted by Crippen LogP contribution is -2.29. The molecule has 1 rings (SSSR count). The fourth-order valence-corrected chi connectivity index (χ4v) is 1.41. The Bertz CT molecular complexity index is 304. The molecule has 15 heavy (non-hydrogen) atoms. The minimum absolute atomic E-state index is 0.542. The van der Waals surface area contributed by atoms with Crippen molar-refractivity contribution in [2.24, 2.45) is 5.73 Å². The van der Waals surface area contributed by atoms with Crippen molar-refractivity contribution in [2.45, 2.75) is 13.0 Å². The predicted octanol–water partition coefficient (Wildman–Crippen LogP) is 0.756. The van der Waals surface area contributed by atoms with Gasteiger partial charge in [-0.25, -0.2) is 0 Å². The number of rotatable bonds is 6. The Morgan fingerprint density at radius 3 is 2.93 bits per heavy atom. The second-order valence-electron chi connectivity index (χ2n) is 3.33. The second-order valence-corrected chi connectivity index (χ2v) is 3.33. The van der Waals surface area contributed by atoms with E-state index >= 15 is 0 Å². The van der Waals surface area contributed by atoms with Crippen molar-refractivity contribution < 1.29 is 0 Å². The lowest BCUT2D eigenvalue weighted by Gasteiger charge is -2.19. The summed E-state index contributed by atoms with van der Waals surface area (Å²) < 4.78 is 0. The van der Waals surface area contributed by atoms with Gasteiger partial charge >= 0.3 is 0 Å². The molecule has 0 aliphatic heterocycles. The van der Waals surface area contributed by atoms with E-state index in [-0.39, 0.29) is 0 Å². The van der Waals surface area contributed by atoms with E-state index in [2.05, 4.69) is 16.0 Å². The summed E-state index contributed by atoms with van der Waals surface area (Å²) in [6.07, 6.45) is 4.14. The molecule has 80 valence electrons. The highest BCUT2D eigenvalue weighted by Gasteiger charge is 2.04. The van der Waals surface area contributed by atoms with Crippen molar-refractivity contribution >= 4 is 0 Å². The third-order valence-electron chi connectivity index (χ3n) is 2.11. The predicted molar refractivity (Wildman–Crippen MR) is 58.8 cm³/mol. The van der Waals surface area contributed by atoms with Crippen LogP contribution >= 0.6 is 0 Å². The molecule has 0 aliphatic rings. The van der Waals surface area contributed by atoms with E-state index in [9.17, 15) is 0 Å². The van der Waals surface area contributed by atoms with E-state index in [1.165, 1.54) is 0 Å². The first kappa shape index (κ1) is 11.6. The lowest BCUT2D eigenvalue weighted by atomic mass is 10.2. The summed E-state index contributed by atoms with van der Waals surface area (Å²) in [5.41, 5.74) is 6.67. The van der Waals surface area contributed by atoms with Crippen LogP contribution < -0.4 is 5.73 Å². The van der Waals surface area contributed by atoms with Crippen molar-refractivity contribution in [3.8, 4) is 6.07 Å². The first-order valence-corrected chi connectivity index (χ1v) is 5.05. The normalized spacial score (nSPS) is 10.2. The highest BCUT2D eigenvalue weighted by atomic mass is 15.1. The highest BCUT2D eigenvalue weighted by molar-refractivity contribution is 5.08. The topological polar surface area (TPSA) is 65.9 Å². The van der Waals surface area contributed by atoms with E-state index in [1.54, 1.807) is 6.20 Å². The molecule has 1 aromatic rings. The zero-order chi connectivity index (χ0) is 10.9. The van der Waals surface area contributed by atoms with Gasteiger partial charge in [0.05, 0.1) is 6.07 Å². The van der Waals surface area contributed by atoms with E-state index in [1.807, 2.05) is 18.3 Å². The number of aromatic nitrogens is 1. The van der Waals surface area contributed by atoms with Crippen molar-refractivity contribution in [1.82, 2.24) is 9.88 Å². The van der Waals surface area contributed by atoms with Crippen LogP contribution in [0.5, 0.6) is 0 Å². The van der Waals surface area contributed by atoms with Crippen LogP contribution in [0, 0.1) is 11.3 Å². The first-order chi connectivity index (χ1) is 7.36. The fourth-order valence-electron chi connectivity index (χ4n) is 1.41. The molecule has 0 saturated carbocycles. The fraction of sp³-hybridized carbons (Fsp3) is 0.455. The molecule has 0 aromatic carbocycles. The minimum atomic E-state index is 0.542. The SMILES string of the molecule is N#CCCN(CCN)Cc1cccnc1. The van der Waals surface area contributed by atoms with E-state index in [0.29, 0.717) is 13.0 Å². The van der Waals surface area contributed by atoms with Gasteiger partial charge in [0.25, 0.3) is 0 Å². The molecule has 0 radical (unpaired) electrons. The average molecular weight is 204 g/mol. The molecular formula is C11H16N4. The first-order valence-electron chi connectivity index (χ1n) is 5.05. The van der Waals surface area contributed by atoms with Crippen LogP contribution in [0.15, 0.2) is 24.5 Å². The maximum atomic E-state index is 8.53. The molecule has 0 spiro atoms. The highest BCUT2D eigenvalue weighted by Crippen LogP contribution is 2.02. The molecule has 0 amide bonds. The van der Waals surface area contributed by atoms with Gasteiger partial charge in [-0.2, -0.15) is 5.26 Å². The Morgan fingerprint density at radius 1 is 1.47 bits per heavy atom. The molecule has 0 saturated heterocycles. The van der Waals surface area contributed by atoms with Crippen molar-refractivity contribution in [3.05, 3.63) is 30.1 Å². The Morgan fingerprint density at radius 2 is 2.33 bits per heavy atom. The molecule has 0 atom stereocenters. The van der Waals surface area contributed by atoms with Crippen LogP contribution in [0.1, 0.15) is 12.0 Å². The summed E-state index contributed by atoms with van der Waals surface area (Å²) in [6.45, 7) is 3.01. The monoisotopic (exact) mass is 204 g/mol. The average Bonchev–Trinajstić information content (AvgIpc) is 2.28. The van der Waals surface area contributed by atoms with Gasteiger partial charge in [-0.1, -0.05) is 6.07 Å². The largest absolute Gasteiger partial charge is 0.329 e. The van der Waals surface area contributed by atoms with Gasteiger partial charge in [-0.15, -0.1) is 0 Å². The number of nitrogens with zero attached hydrogens (tertiary/aromatic N) is 3. The second kappa shape index (κ2) is 6.93. The van der Waals surface area contributed by atoms with E-state index in [0.717, 1.165) is 25.2 Å². The van der Waals surface area contributed by atoms with Gasteiger partial charge in [0, 0.05) is 45.0 Å². The molecular weight excluding hydrogens is 188 g/mol. The maximum Gasteiger partial charge on any atom is 0.0635 e. The Balaban J connectivity index is 2.47. The summed E-state index contributed by atoms with van der Waals surface area (Å²) in [5.74, 6) is 0. The third kappa shape index (κ3) is 4.54. The molecule has 0 fully saturated rings. The number of pyridine rings is 1. The quantitative estimate of drug-likeness (QED) is 0.742. The van der Waals surface area contributed by atoms with Gasteiger partial charge in [0.2, 0.25) is 0 Å². The molecule has 4 heteroatoms. The summed E-state index contributed by atoms with van der Waals surface area (Å²) in [5, 5.41) is 8.53. The number of nitrogens with two attached hydrogens (primary N) is 1. The Hall–Kier alpha value is -1.44. The summed E-state index contributed by atoms with van der Waals surface area (Å²) >= 11 is 0. The standard InChI is InChI=1S/C11H16N4/c12-4-2-7-15(8-5-13)10-11-3-1-6-14-9-11/h1,3,6,9H,2,5,7-8,10,13H2. The molecule has 1 heterocycles. The van der Waals surface area contributed by atoms with Crippen LogP contribution in [-0.2, 0) is 6.54 Å². The number of nitriles is 1. The Kier molecular flexibility index (Phi) is 5.38. The summed E-state index contributed by atoms with van der Waals surface area (Å²) in [7, 11) is 0. The molecule has 0 unspecified atom stereocenters. The van der Waals surface area contributed by atoms with Crippen LogP contribution in [0.2, 0.25) is 0 Å². The van der Waals surface area contributed by atoms with Gasteiger partial charge in [-0.3, -0.25) is 9.88 Å². The minimum Gasteiger partial charge on any atom is -0.329 e. The van der Waals surface area contributed by atoms with Crippen molar-refractivity contribution in [2.75, 3.05) is 19.6 Å². The molecule has 0 aliphatic carbocycles. The maximum absolute atomic E-state index is 8.53. The van der Waals surface area contributed by atoms with Crippen LogP contribution in [0.4, 0.5) is 0 Å². The molecule has 1 aromatic heterocycles. The Labute approximate surface area is 90.3 Å². The van der Waals surface area contributed by atoms with Gasteiger partial charge in [-0.05, 0) is 11.6 Å². The lowest BCUT2D eigenvalue weighted by molar-refractivity contribution is 0.279. The van der Waals surface area contributed by atoms with Gasteiger partial charge in [0.15, 0.2) is 0 Å². The van der Waals surface area contributed by atoms with Gasteiger partial charge in [0.1, 0.15) is 0 Å². The van der Waals surface area contributed by atoms with Crippen molar-refractivity contribution in [1.29, 1.82) is 5.26 Å². The van der Waals surface area contributed by atoms with Crippen LogP contribution in [0.3, 0.4) is 0 Å². The number of hydrogen-bond donors (Lipinski definition) is 1. The van der Waals surface area contributed by atoms with E-state index in [4.69, 9.17) is 11.0 Å². The van der Waals surface area contributed by atoms with Crippen LogP contribution in [0.25, 0.3) is 0 Å². The van der Waals surface area contributed by atoms with Crippen molar-refractivity contribution in [3.63, 3.8) is 0 Å². The zero-order valence-corrected chi connectivity index (χ0v) is 8.76. The van der Waals surface area contributed by atoms with Crippen LogP contribution in [-0.4, -0.2) is 29.5 Å². The zero-order valence-electron chi connectivity index (χ0n) is 8.76. The molecule has 2 N–H and O–H groups in total. The summed E-state index contributed by atoms with van der Waals surface area (Å²) in [4.78, 5) is 6.22. The van der Waals surface area contributed by atoms with Gasteiger partial charge < -0.3 is 5.73 Å². The number of hydrogen-bond acceptors (Lipinski definition) is 4. The molecule has 0 bridgehead atoms.